The van der Waals surface area contributed by atoms with E-state index in [1.54, 1.807) is 24.4 Å². The van der Waals surface area contributed by atoms with Gasteiger partial charge in [0, 0.05) is 12.2 Å². The molecule has 0 aliphatic heterocycles. The average Bonchev–Trinajstić information content (AvgIpc) is 2.38. The third-order valence-electron chi connectivity index (χ3n) is 2.34. The van der Waals surface area contributed by atoms with E-state index in [9.17, 15) is 0 Å². The Labute approximate surface area is 121 Å². The van der Waals surface area contributed by atoms with E-state index in [-0.39, 0.29) is 0 Å². The second-order valence-corrected chi connectivity index (χ2v) is 4.60. The highest BCUT2D eigenvalue weighted by Crippen LogP contribution is 2.26. The summed E-state index contributed by atoms with van der Waals surface area (Å²) in [6.07, 6.45) is 1.55. The molecule has 0 bridgehead atoms. The van der Waals surface area contributed by atoms with E-state index in [0.717, 1.165) is 12.2 Å². The van der Waals surface area contributed by atoms with E-state index in [1.165, 1.54) is 0 Å². The second-order valence-electron chi connectivity index (χ2n) is 3.78. The number of aromatic nitrogens is 2. The van der Waals surface area contributed by atoms with E-state index < -0.39 is 0 Å². The number of nitrogens with zero attached hydrogens (tertiary/aromatic N) is 2. The summed E-state index contributed by atoms with van der Waals surface area (Å²) in [6, 6.07) is 5.20. The number of nitrogens with one attached hydrogen (secondary N) is 2. The number of benzene rings is 1. The monoisotopic (exact) mass is 297 g/mol. The van der Waals surface area contributed by atoms with Gasteiger partial charge < -0.3 is 16.4 Å². The van der Waals surface area contributed by atoms with E-state index in [0.29, 0.717) is 27.5 Å². The lowest BCUT2D eigenvalue weighted by atomic mass is 10.3. The van der Waals surface area contributed by atoms with Crippen molar-refractivity contribution in [2.24, 2.45) is 0 Å². The first-order valence-electron chi connectivity index (χ1n) is 5.68. The number of hydrogen-bond donors (Lipinski definition) is 3. The molecule has 0 radical (unpaired) electrons. The zero-order chi connectivity index (χ0) is 13.8. The lowest BCUT2D eigenvalue weighted by molar-refractivity contribution is 1.12. The third-order valence-corrected chi connectivity index (χ3v) is 3.08. The average molecular weight is 298 g/mol. The van der Waals surface area contributed by atoms with E-state index in [4.69, 9.17) is 28.9 Å². The number of anilines is 4. The lowest BCUT2D eigenvalue weighted by Crippen LogP contribution is -2.06. The summed E-state index contributed by atoms with van der Waals surface area (Å²) >= 11 is 11.8. The van der Waals surface area contributed by atoms with Crippen molar-refractivity contribution in [1.82, 2.24) is 9.97 Å². The highest BCUT2D eigenvalue weighted by Gasteiger charge is 2.05. The zero-order valence-electron chi connectivity index (χ0n) is 10.2. The first kappa shape index (κ1) is 13.7. The molecule has 0 unspecified atom stereocenters. The maximum Gasteiger partial charge on any atom is 0.229 e. The molecule has 0 amide bonds. The molecule has 7 heteroatoms. The van der Waals surface area contributed by atoms with E-state index in [2.05, 4.69) is 20.6 Å². The molecule has 1 aromatic heterocycles. The van der Waals surface area contributed by atoms with Gasteiger partial charge in [0.1, 0.15) is 0 Å². The second kappa shape index (κ2) is 5.95. The fraction of sp³-hybridized carbons (Fsp3) is 0.167. The van der Waals surface area contributed by atoms with Crippen LogP contribution in [0.2, 0.25) is 10.0 Å². The van der Waals surface area contributed by atoms with Crippen molar-refractivity contribution in [1.29, 1.82) is 0 Å². The topological polar surface area (TPSA) is 75.9 Å². The molecule has 0 aliphatic rings. The van der Waals surface area contributed by atoms with Crippen molar-refractivity contribution < 1.29 is 0 Å². The first-order chi connectivity index (χ1) is 9.10. The molecule has 1 heterocycles. The van der Waals surface area contributed by atoms with Crippen LogP contribution in [0.5, 0.6) is 0 Å². The van der Waals surface area contributed by atoms with Gasteiger partial charge in [0.15, 0.2) is 5.82 Å². The van der Waals surface area contributed by atoms with Crippen LogP contribution in [0.25, 0.3) is 0 Å². The van der Waals surface area contributed by atoms with Crippen LogP contribution in [0.3, 0.4) is 0 Å². The number of nitrogen functional groups attached to an aromatic ring is 1. The maximum absolute atomic E-state index is 5.94. The highest BCUT2D eigenvalue weighted by molar-refractivity contribution is 6.42. The minimum absolute atomic E-state index is 0.434. The van der Waals surface area contributed by atoms with Crippen molar-refractivity contribution in [2.75, 3.05) is 22.9 Å². The molecule has 0 atom stereocenters. The Morgan fingerprint density at radius 1 is 1.26 bits per heavy atom. The van der Waals surface area contributed by atoms with Gasteiger partial charge in [0.25, 0.3) is 0 Å². The summed E-state index contributed by atoms with van der Waals surface area (Å²) in [7, 11) is 0. The molecule has 1 aromatic carbocycles. The van der Waals surface area contributed by atoms with Gasteiger partial charge in [0.2, 0.25) is 5.95 Å². The Morgan fingerprint density at radius 2 is 2.05 bits per heavy atom. The number of rotatable bonds is 4. The number of halogens is 2. The zero-order valence-corrected chi connectivity index (χ0v) is 11.8. The fourth-order valence-corrected chi connectivity index (χ4v) is 1.76. The van der Waals surface area contributed by atoms with Gasteiger partial charge in [-0.05, 0) is 25.1 Å². The van der Waals surface area contributed by atoms with E-state index >= 15 is 0 Å². The van der Waals surface area contributed by atoms with Gasteiger partial charge >= 0.3 is 0 Å². The molecule has 2 aromatic rings. The Bertz CT molecular complexity index is 588. The van der Waals surface area contributed by atoms with Gasteiger partial charge in [-0.2, -0.15) is 4.98 Å². The highest BCUT2D eigenvalue weighted by atomic mass is 35.5. The molecular formula is C12H13Cl2N5. The van der Waals surface area contributed by atoms with Crippen LogP contribution in [-0.2, 0) is 0 Å². The van der Waals surface area contributed by atoms with Crippen LogP contribution in [0.15, 0.2) is 24.4 Å². The van der Waals surface area contributed by atoms with Gasteiger partial charge in [-0.1, -0.05) is 23.2 Å². The molecule has 4 N–H and O–H groups in total. The molecule has 0 fully saturated rings. The van der Waals surface area contributed by atoms with Crippen LogP contribution in [0, 0.1) is 0 Å². The van der Waals surface area contributed by atoms with Crippen molar-refractivity contribution in [3.8, 4) is 0 Å². The van der Waals surface area contributed by atoms with Gasteiger partial charge in [-0.15, -0.1) is 0 Å². The lowest BCUT2D eigenvalue weighted by Gasteiger charge is -2.09. The Balaban J connectivity index is 2.22. The normalized spacial score (nSPS) is 10.3. The summed E-state index contributed by atoms with van der Waals surface area (Å²) in [5, 5.41) is 7.06. The Hall–Kier alpha value is -1.72. The molecule has 0 saturated heterocycles. The Morgan fingerprint density at radius 3 is 2.74 bits per heavy atom. The van der Waals surface area contributed by atoms with Gasteiger partial charge in [-0.25, -0.2) is 4.98 Å². The standard InChI is InChI=1S/C12H13Cl2N5/c1-2-16-11-10(15)6-17-12(19-11)18-7-3-4-8(13)9(14)5-7/h3-6H,2,15H2,1H3,(H2,16,17,18,19). The van der Waals surface area contributed by atoms with Gasteiger partial charge in [0.05, 0.1) is 21.9 Å². The minimum Gasteiger partial charge on any atom is -0.394 e. The molecule has 0 aliphatic carbocycles. The van der Waals surface area contributed by atoms with Crippen LogP contribution in [0.4, 0.5) is 23.1 Å². The summed E-state index contributed by atoms with van der Waals surface area (Å²) in [5.74, 6) is 1.03. The predicted molar refractivity (Wildman–Crippen MR) is 80.4 cm³/mol. The third kappa shape index (κ3) is 3.39. The van der Waals surface area contributed by atoms with Crippen LogP contribution in [-0.4, -0.2) is 16.5 Å². The van der Waals surface area contributed by atoms with Crippen molar-refractivity contribution in [3.63, 3.8) is 0 Å². The summed E-state index contributed by atoms with van der Waals surface area (Å²) in [5.41, 5.74) is 7.01. The molecule has 100 valence electrons. The molecule has 2 rings (SSSR count). The number of hydrogen-bond acceptors (Lipinski definition) is 5. The van der Waals surface area contributed by atoms with Crippen molar-refractivity contribution in [3.05, 3.63) is 34.4 Å². The van der Waals surface area contributed by atoms with Crippen molar-refractivity contribution in [2.45, 2.75) is 6.92 Å². The predicted octanol–water partition coefficient (Wildman–Crippen LogP) is 3.54. The van der Waals surface area contributed by atoms with Crippen LogP contribution in [0.1, 0.15) is 6.92 Å². The first-order valence-corrected chi connectivity index (χ1v) is 6.44. The Kier molecular flexibility index (Phi) is 4.29. The maximum atomic E-state index is 5.94. The molecule has 0 saturated carbocycles. The van der Waals surface area contributed by atoms with Crippen LogP contribution < -0.4 is 16.4 Å². The quantitative estimate of drug-likeness (QED) is 0.805. The summed E-state index contributed by atoms with van der Waals surface area (Å²) in [4.78, 5) is 8.38. The smallest absolute Gasteiger partial charge is 0.229 e. The SMILES string of the molecule is CCNc1nc(Nc2ccc(Cl)c(Cl)c2)ncc1N. The molecule has 19 heavy (non-hydrogen) atoms. The molecular weight excluding hydrogens is 285 g/mol. The molecule has 0 spiro atoms. The van der Waals surface area contributed by atoms with Crippen LogP contribution >= 0.6 is 23.2 Å². The summed E-state index contributed by atoms with van der Waals surface area (Å²) in [6.45, 7) is 2.70. The van der Waals surface area contributed by atoms with Gasteiger partial charge in [-0.3, -0.25) is 0 Å². The van der Waals surface area contributed by atoms with E-state index in [1.807, 2.05) is 6.92 Å². The fourth-order valence-electron chi connectivity index (χ4n) is 1.46. The van der Waals surface area contributed by atoms with Crippen molar-refractivity contribution >= 4 is 46.3 Å². The molecule has 5 nitrogen and oxygen atoms in total. The summed E-state index contributed by atoms with van der Waals surface area (Å²) < 4.78 is 0. The minimum atomic E-state index is 0.434. The number of nitrogens with two attached hydrogens (primary N) is 1. The largest absolute Gasteiger partial charge is 0.394 e.